The molecule has 5 heteroatoms. The molecule has 1 fully saturated rings. The van der Waals surface area contributed by atoms with Gasteiger partial charge < -0.3 is 15.5 Å². The third-order valence-corrected chi connectivity index (χ3v) is 3.62. The van der Waals surface area contributed by atoms with Gasteiger partial charge >= 0.3 is 0 Å². The third-order valence-electron chi connectivity index (χ3n) is 3.62. The Morgan fingerprint density at radius 1 is 1.55 bits per heavy atom. The van der Waals surface area contributed by atoms with Gasteiger partial charge in [-0.1, -0.05) is 11.8 Å². The van der Waals surface area contributed by atoms with Crippen molar-refractivity contribution >= 4 is 5.91 Å². The van der Waals surface area contributed by atoms with Crippen LogP contribution >= 0.6 is 0 Å². The molecule has 0 bridgehead atoms. The van der Waals surface area contributed by atoms with Crippen molar-refractivity contribution in [2.24, 2.45) is 5.73 Å². The molecule has 0 radical (unpaired) electrons. The van der Waals surface area contributed by atoms with Gasteiger partial charge in [0.15, 0.2) is 0 Å². The van der Waals surface area contributed by atoms with Crippen LogP contribution in [-0.4, -0.2) is 60.0 Å². The molecule has 1 aliphatic heterocycles. The maximum Gasteiger partial charge on any atom is 0.255 e. The Hall–Kier alpha value is -1.90. The lowest BCUT2D eigenvalue weighted by Crippen LogP contribution is -2.52. The Bertz CT molecular complexity index is 546. The minimum Gasteiger partial charge on any atom is -0.336 e. The molecule has 2 N–H and O–H groups in total. The molecule has 1 aliphatic rings. The first-order valence-electron chi connectivity index (χ1n) is 6.76. The topological polar surface area (TPSA) is 62.5 Å². The van der Waals surface area contributed by atoms with Crippen LogP contribution in [0.4, 0.5) is 0 Å². The fraction of sp³-hybridized carbons (Fsp3) is 0.467. The maximum atomic E-state index is 12.6. The molecule has 2 rings (SSSR count). The number of aromatic nitrogens is 1. The monoisotopic (exact) mass is 272 g/mol. The first kappa shape index (κ1) is 14.5. The summed E-state index contributed by atoms with van der Waals surface area (Å²) < 4.78 is 0. The van der Waals surface area contributed by atoms with Crippen molar-refractivity contribution in [1.29, 1.82) is 0 Å². The predicted octanol–water partition coefficient (Wildman–Crippen LogP) is 0.168. The van der Waals surface area contributed by atoms with Crippen LogP contribution < -0.4 is 5.73 Å². The van der Waals surface area contributed by atoms with Crippen molar-refractivity contribution in [3.05, 3.63) is 29.6 Å². The average molecular weight is 272 g/mol. The second-order valence-electron chi connectivity index (χ2n) is 5.01. The van der Waals surface area contributed by atoms with E-state index in [9.17, 15) is 4.79 Å². The molecule has 5 nitrogen and oxygen atoms in total. The molecule has 1 aromatic heterocycles. The Balaban J connectivity index is 2.21. The van der Waals surface area contributed by atoms with Crippen molar-refractivity contribution in [2.45, 2.75) is 13.0 Å². The van der Waals surface area contributed by atoms with Crippen molar-refractivity contribution in [1.82, 2.24) is 14.8 Å². The lowest BCUT2D eigenvalue weighted by atomic mass is 10.1. The molecule has 0 spiro atoms. The minimum atomic E-state index is 0.0219. The fourth-order valence-electron chi connectivity index (χ4n) is 2.23. The summed E-state index contributed by atoms with van der Waals surface area (Å²) in [5.41, 5.74) is 6.64. The molecule has 2 heterocycles. The van der Waals surface area contributed by atoms with Crippen LogP contribution in [0.15, 0.2) is 18.5 Å². The summed E-state index contributed by atoms with van der Waals surface area (Å²) in [4.78, 5) is 20.8. The van der Waals surface area contributed by atoms with E-state index in [-0.39, 0.29) is 12.5 Å². The highest BCUT2D eigenvalue weighted by molar-refractivity contribution is 5.96. The summed E-state index contributed by atoms with van der Waals surface area (Å²) in [6.07, 6.45) is 3.25. The standard InChI is InChI=1S/C15H20N4O/c1-12-11-19(9-8-18(12)2)15(20)14-5-7-17-10-13(14)4-3-6-16/h5,7,10,12H,6,8-9,11,16H2,1-2H3. The quantitative estimate of drug-likeness (QED) is 0.740. The molecule has 0 aromatic carbocycles. The van der Waals surface area contributed by atoms with Crippen molar-refractivity contribution < 1.29 is 4.79 Å². The zero-order valence-electron chi connectivity index (χ0n) is 12.0. The number of nitrogens with zero attached hydrogens (tertiary/aromatic N) is 3. The molecular weight excluding hydrogens is 252 g/mol. The summed E-state index contributed by atoms with van der Waals surface area (Å²) in [5, 5.41) is 0. The van der Waals surface area contributed by atoms with Crippen LogP contribution in [0.2, 0.25) is 0 Å². The summed E-state index contributed by atoms with van der Waals surface area (Å²) in [6.45, 7) is 4.77. The molecule has 0 aliphatic carbocycles. The minimum absolute atomic E-state index is 0.0219. The summed E-state index contributed by atoms with van der Waals surface area (Å²) in [5.74, 6) is 5.72. The van der Waals surface area contributed by atoms with Crippen LogP contribution in [0.3, 0.4) is 0 Å². The van der Waals surface area contributed by atoms with E-state index in [1.165, 1.54) is 0 Å². The Morgan fingerprint density at radius 2 is 2.35 bits per heavy atom. The first-order valence-corrected chi connectivity index (χ1v) is 6.76. The first-order chi connectivity index (χ1) is 9.63. The Morgan fingerprint density at radius 3 is 3.05 bits per heavy atom. The lowest BCUT2D eigenvalue weighted by Gasteiger charge is -2.37. The molecular formula is C15H20N4O. The molecule has 1 atom stereocenters. The van der Waals surface area contributed by atoms with Gasteiger partial charge in [-0.05, 0) is 20.0 Å². The van der Waals surface area contributed by atoms with Gasteiger partial charge in [-0.2, -0.15) is 0 Å². The van der Waals surface area contributed by atoms with Crippen molar-refractivity contribution in [3.63, 3.8) is 0 Å². The highest BCUT2D eigenvalue weighted by Crippen LogP contribution is 2.14. The number of hydrogen-bond acceptors (Lipinski definition) is 4. The van der Waals surface area contributed by atoms with Gasteiger partial charge in [-0.15, -0.1) is 0 Å². The van der Waals surface area contributed by atoms with E-state index in [4.69, 9.17) is 5.73 Å². The molecule has 1 aromatic rings. The lowest BCUT2D eigenvalue weighted by molar-refractivity contribution is 0.0572. The van der Waals surface area contributed by atoms with Gasteiger partial charge in [0.05, 0.1) is 17.7 Å². The number of carbonyl (C=O) groups is 1. The highest BCUT2D eigenvalue weighted by Gasteiger charge is 2.26. The van der Waals surface area contributed by atoms with Gasteiger partial charge in [0.25, 0.3) is 5.91 Å². The largest absolute Gasteiger partial charge is 0.336 e. The number of piperazine rings is 1. The number of likely N-dealkylation sites (N-methyl/N-ethyl adjacent to an activating group) is 1. The van der Waals surface area contributed by atoms with Gasteiger partial charge in [-0.3, -0.25) is 9.78 Å². The molecule has 1 unspecified atom stereocenters. The molecule has 1 saturated heterocycles. The number of hydrogen-bond donors (Lipinski definition) is 1. The van der Waals surface area contributed by atoms with Gasteiger partial charge in [-0.25, -0.2) is 0 Å². The normalized spacial score (nSPS) is 19.4. The third kappa shape index (κ3) is 3.16. The van der Waals surface area contributed by atoms with Gasteiger partial charge in [0, 0.05) is 38.1 Å². The number of nitrogens with two attached hydrogens (primary N) is 1. The van der Waals surface area contributed by atoms with E-state index in [1.54, 1.807) is 18.5 Å². The van der Waals surface area contributed by atoms with E-state index in [1.807, 2.05) is 4.90 Å². The van der Waals surface area contributed by atoms with Gasteiger partial charge in [0.2, 0.25) is 0 Å². The molecule has 20 heavy (non-hydrogen) atoms. The summed E-state index contributed by atoms with van der Waals surface area (Å²) in [7, 11) is 2.08. The highest BCUT2D eigenvalue weighted by atomic mass is 16.2. The van der Waals surface area contributed by atoms with Crippen molar-refractivity contribution in [2.75, 3.05) is 33.2 Å². The average Bonchev–Trinajstić information content (AvgIpc) is 2.47. The van der Waals surface area contributed by atoms with Crippen molar-refractivity contribution in [3.8, 4) is 11.8 Å². The molecule has 0 saturated carbocycles. The zero-order chi connectivity index (χ0) is 14.5. The van der Waals surface area contributed by atoms with Gasteiger partial charge in [0.1, 0.15) is 0 Å². The Labute approximate surface area is 119 Å². The van der Waals surface area contributed by atoms with E-state index in [0.717, 1.165) is 19.6 Å². The van der Waals surface area contributed by atoms with E-state index < -0.39 is 0 Å². The number of amides is 1. The van der Waals surface area contributed by atoms with Crippen LogP contribution in [-0.2, 0) is 0 Å². The smallest absolute Gasteiger partial charge is 0.255 e. The van der Waals surface area contributed by atoms with Crippen LogP contribution in [0.1, 0.15) is 22.8 Å². The second-order valence-corrected chi connectivity index (χ2v) is 5.01. The number of rotatable bonds is 1. The molecule has 106 valence electrons. The number of pyridine rings is 1. The number of carbonyl (C=O) groups excluding carboxylic acids is 1. The fourth-order valence-corrected chi connectivity index (χ4v) is 2.23. The Kier molecular flexibility index (Phi) is 4.72. The van der Waals surface area contributed by atoms with Crippen LogP contribution in [0, 0.1) is 11.8 Å². The van der Waals surface area contributed by atoms with E-state index in [2.05, 4.69) is 35.7 Å². The second kappa shape index (κ2) is 6.51. The maximum absolute atomic E-state index is 12.6. The van der Waals surface area contributed by atoms with Crippen LogP contribution in [0.5, 0.6) is 0 Å². The summed E-state index contributed by atoms with van der Waals surface area (Å²) >= 11 is 0. The van der Waals surface area contributed by atoms with E-state index >= 15 is 0 Å². The van der Waals surface area contributed by atoms with E-state index in [0.29, 0.717) is 17.2 Å². The summed E-state index contributed by atoms with van der Waals surface area (Å²) in [6, 6.07) is 2.10. The predicted molar refractivity (Wildman–Crippen MR) is 78.2 cm³/mol. The molecule has 1 amide bonds. The SMILES string of the molecule is CC1CN(C(=O)c2ccncc2C#CCN)CCN1C. The zero-order valence-corrected chi connectivity index (χ0v) is 12.0. The van der Waals surface area contributed by atoms with Crippen LogP contribution in [0.25, 0.3) is 0 Å².